The van der Waals surface area contributed by atoms with Gasteiger partial charge in [0.2, 0.25) is 0 Å². The molecule has 1 aromatic heterocycles. The van der Waals surface area contributed by atoms with Crippen LogP contribution in [-0.2, 0) is 24.9 Å². The van der Waals surface area contributed by atoms with Crippen molar-refractivity contribution >= 4 is 38.1 Å². The fourth-order valence-electron chi connectivity index (χ4n) is 4.74. The maximum atomic E-state index is 14.3. The first kappa shape index (κ1) is 27.8. The largest absolute Gasteiger partial charge is 0.512 e. The molecule has 39 heavy (non-hydrogen) atoms. The van der Waals surface area contributed by atoms with Crippen LogP contribution in [0, 0.1) is 11.9 Å². The molecule has 1 radical (unpaired) electrons. The summed E-state index contributed by atoms with van der Waals surface area (Å²) in [5, 5.41) is 14.3. The van der Waals surface area contributed by atoms with Gasteiger partial charge in [-0.1, -0.05) is 66.7 Å². The molecule has 6 rings (SSSR count). The number of ketones is 1. The number of aliphatic hydroxyl groups is 1. The van der Waals surface area contributed by atoms with Crippen LogP contribution in [0.2, 0.25) is 0 Å². The van der Waals surface area contributed by atoms with Crippen LogP contribution in [0.4, 0.5) is 4.39 Å². The number of pyridine rings is 1. The van der Waals surface area contributed by atoms with Crippen molar-refractivity contribution in [1.82, 2.24) is 4.98 Å². The van der Waals surface area contributed by atoms with Gasteiger partial charge in [0.25, 0.3) is 0 Å². The maximum absolute atomic E-state index is 14.3. The molecule has 1 heterocycles. The quantitative estimate of drug-likeness (QED) is 0.0874. The van der Waals surface area contributed by atoms with Crippen molar-refractivity contribution < 1.29 is 34.4 Å². The van der Waals surface area contributed by atoms with E-state index in [1.165, 1.54) is 42.3 Å². The zero-order valence-electron chi connectivity index (χ0n) is 21.4. The average molecular weight is 691 g/mol. The van der Waals surface area contributed by atoms with Crippen molar-refractivity contribution in [3.8, 4) is 22.4 Å². The molecule has 0 aliphatic rings. The SMILES string of the molecule is CC(=O)/C=C(/C)O.Fc1cccc2c1ccc1c(-c3[c-]ccc(-c4cccc5ccccc45)c3)nccc12.[Ir]. The summed E-state index contributed by atoms with van der Waals surface area (Å²) in [6.07, 6.45) is 2.96. The number of rotatable bonds is 3. The van der Waals surface area contributed by atoms with Gasteiger partial charge in [-0.15, -0.1) is 35.4 Å². The van der Waals surface area contributed by atoms with Crippen LogP contribution >= 0.6 is 0 Å². The monoisotopic (exact) mass is 691 g/mol. The summed E-state index contributed by atoms with van der Waals surface area (Å²) in [4.78, 5) is 14.7. The van der Waals surface area contributed by atoms with E-state index in [-0.39, 0.29) is 37.5 Å². The number of carbonyl (C=O) groups excluding carboxylic acids is 1. The van der Waals surface area contributed by atoms with Gasteiger partial charge < -0.3 is 10.1 Å². The molecule has 0 aliphatic carbocycles. The van der Waals surface area contributed by atoms with Gasteiger partial charge >= 0.3 is 0 Å². The van der Waals surface area contributed by atoms with E-state index < -0.39 is 0 Å². The summed E-state index contributed by atoms with van der Waals surface area (Å²) in [5.74, 6) is -0.269. The second kappa shape index (κ2) is 12.1. The van der Waals surface area contributed by atoms with Crippen LogP contribution in [-0.4, -0.2) is 15.9 Å². The fourth-order valence-corrected chi connectivity index (χ4v) is 4.74. The number of aromatic nitrogens is 1. The van der Waals surface area contributed by atoms with Crippen molar-refractivity contribution in [2.45, 2.75) is 13.8 Å². The van der Waals surface area contributed by atoms with E-state index in [0.717, 1.165) is 33.0 Å². The number of fused-ring (bicyclic) bond motifs is 4. The molecule has 195 valence electrons. The number of aliphatic hydroxyl groups excluding tert-OH is 1. The Labute approximate surface area is 240 Å². The third-order valence-electron chi connectivity index (χ3n) is 6.32. The zero-order chi connectivity index (χ0) is 26.6. The summed E-state index contributed by atoms with van der Waals surface area (Å²) < 4.78 is 14.3. The Bertz CT molecular complexity index is 1840. The van der Waals surface area contributed by atoms with Gasteiger partial charge in [0, 0.05) is 37.8 Å². The first-order chi connectivity index (χ1) is 18.4. The Morgan fingerprint density at radius 2 is 1.51 bits per heavy atom. The molecule has 6 aromatic rings. The minimum atomic E-state index is -0.206. The third kappa shape index (κ3) is 5.96. The van der Waals surface area contributed by atoms with E-state index >= 15 is 0 Å². The van der Waals surface area contributed by atoms with Gasteiger partial charge in [0.05, 0.1) is 5.76 Å². The Morgan fingerprint density at radius 3 is 2.28 bits per heavy atom. The van der Waals surface area contributed by atoms with Gasteiger partial charge in [-0.25, -0.2) is 4.39 Å². The molecule has 0 atom stereocenters. The minimum absolute atomic E-state index is 0. The Balaban J connectivity index is 0.000000394. The number of nitrogens with zero attached hydrogens (tertiary/aromatic N) is 1. The van der Waals surface area contributed by atoms with E-state index in [9.17, 15) is 9.18 Å². The van der Waals surface area contributed by atoms with Gasteiger partial charge in [-0.2, -0.15) is 0 Å². The molecule has 0 saturated heterocycles. The van der Waals surface area contributed by atoms with Crippen molar-refractivity contribution in [2.75, 3.05) is 0 Å². The molecule has 5 aromatic carbocycles. The van der Waals surface area contributed by atoms with Gasteiger partial charge in [0.15, 0.2) is 5.78 Å². The number of benzene rings is 5. The molecule has 0 spiro atoms. The number of halogens is 1. The van der Waals surface area contributed by atoms with E-state index in [4.69, 9.17) is 5.11 Å². The molecule has 0 bridgehead atoms. The second-order valence-corrected chi connectivity index (χ2v) is 9.07. The predicted octanol–water partition coefficient (Wildman–Crippen LogP) is 8.85. The van der Waals surface area contributed by atoms with E-state index in [0.29, 0.717) is 5.39 Å². The Hall–Kier alpha value is -4.18. The van der Waals surface area contributed by atoms with Crippen LogP contribution in [0.3, 0.4) is 0 Å². The smallest absolute Gasteiger partial charge is 0.155 e. The number of allylic oxidation sites excluding steroid dienone is 2. The fraction of sp³-hybridized carbons (Fsp3) is 0.0588. The average Bonchev–Trinajstić information content (AvgIpc) is 2.92. The molecule has 0 aliphatic heterocycles. The van der Waals surface area contributed by atoms with E-state index in [1.54, 1.807) is 12.3 Å². The Kier molecular flexibility index (Phi) is 8.65. The summed E-state index contributed by atoms with van der Waals surface area (Å²) in [6, 6.07) is 35.3. The van der Waals surface area contributed by atoms with E-state index in [2.05, 4.69) is 65.6 Å². The minimum Gasteiger partial charge on any atom is -0.512 e. The van der Waals surface area contributed by atoms with Crippen molar-refractivity contribution in [3.63, 3.8) is 0 Å². The molecule has 0 unspecified atom stereocenters. The zero-order valence-corrected chi connectivity index (χ0v) is 23.8. The second-order valence-electron chi connectivity index (χ2n) is 9.07. The number of carbonyl (C=O) groups is 1. The van der Waals surface area contributed by atoms with E-state index in [1.807, 2.05) is 30.3 Å². The molecule has 5 heteroatoms. The number of hydrogen-bond donors (Lipinski definition) is 1. The standard InChI is InChI=1S/C29H17FN.C5H8O2.Ir/c30-28-13-5-12-24-25-16-17-31-29(27(25)15-14-26(24)28)21-9-3-8-20(18-21)23-11-4-7-19-6-1-2-10-22(19)23;1-4(6)3-5(2)7;/h1-8,10-18H;3,6H,1-2H3;/q-1;;/b;4-3-;. The normalized spacial score (nSPS) is 11.1. The Morgan fingerprint density at radius 1 is 0.821 bits per heavy atom. The van der Waals surface area contributed by atoms with Crippen LogP contribution < -0.4 is 0 Å². The maximum Gasteiger partial charge on any atom is 0.155 e. The third-order valence-corrected chi connectivity index (χ3v) is 6.32. The summed E-state index contributed by atoms with van der Waals surface area (Å²) >= 11 is 0. The molecular formula is C34H25FIrNO2-. The molecule has 1 N–H and O–H groups in total. The topological polar surface area (TPSA) is 50.2 Å². The van der Waals surface area contributed by atoms with Crippen LogP contribution in [0.5, 0.6) is 0 Å². The predicted molar refractivity (Wildman–Crippen MR) is 153 cm³/mol. The summed E-state index contributed by atoms with van der Waals surface area (Å²) in [5.41, 5.74) is 4.08. The molecule has 0 saturated carbocycles. The molecular weight excluding hydrogens is 666 g/mol. The summed E-state index contributed by atoms with van der Waals surface area (Å²) in [7, 11) is 0. The molecule has 3 nitrogen and oxygen atoms in total. The first-order valence-corrected chi connectivity index (χ1v) is 12.3. The van der Waals surface area contributed by atoms with Gasteiger partial charge in [-0.05, 0) is 64.2 Å². The number of hydrogen-bond acceptors (Lipinski definition) is 3. The van der Waals surface area contributed by atoms with Crippen molar-refractivity contribution in [3.05, 3.63) is 127 Å². The van der Waals surface area contributed by atoms with Crippen LogP contribution in [0.15, 0.2) is 115 Å². The van der Waals surface area contributed by atoms with Crippen molar-refractivity contribution in [2.24, 2.45) is 0 Å². The molecule has 0 amide bonds. The first-order valence-electron chi connectivity index (χ1n) is 12.3. The van der Waals surface area contributed by atoms with Gasteiger partial charge in [-0.3, -0.25) is 4.79 Å². The summed E-state index contributed by atoms with van der Waals surface area (Å²) in [6.45, 7) is 2.85. The van der Waals surface area contributed by atoms with Crippen LogP contribution in [0.25, 0.3) is 54.7 Å². The van der Waals surface area contributed by atoms with Crippen molar-refractivity contribution in [1.29, 1.82) is 0 Å². The van der Waals surface area contributed by atoms with Gasteiger partial charge in [0.1, 0.15) is 5.82 Å². The van der Waals surface area contributed by atoms with Crippen LogP contribution in [0.1, 0.15) is 13.8 Å². The molecule has 0 fully saturated rings.